The van der Waals surface area contributed by atoms with Crippen molar-refractivity contribution >= 4 is 21.9 Å². The first-order chi connectivity index (χ1) is 17.1. The number of fused-ring (bicyclic) bond motifs is 1. The van der Waals surface area contributed by atoms with Gasteiger partial charge in [0.2, 0.25) is 22.7 Å². The number of nitrogens with zero attached hydrogens (tertiary/aromatic N) is 2. The minimum atomic E-state index is -3.43. The lowest BCUT2D eigenvalue weighted by molar-refractivity contribution is -0.143. The van der Waals surface area contributed by atoms with Crippen molar-refractivity contribution in [1.82, 2.24) is 14.5 Å². The standard InChI is InChI=1S/C24H38N4O7S/c1-3-4-11-27(12-5-9-25)22(29)15-28-14-18(17-6-7-20-21(13-17)35-16-34-20)23(24(30)31)19(28)8-10-26-36(2,32)33/h6-7,13,18-19,23,26H,3-5,8-12,14-16,25H2,1-2H3,(H,30,31). The third-order valence-electron chi connectivity index (χ3n) is 6.77. The summed E-state index contributed by atoms with van der Waals surface area (Å²) in [6.07, 6.45) is 3.83. The van der Waals surface area contributed by atoms with Crippen LogP contribution in [0.2, 0.25) is 0 Å². The second-order valence-electron chi connectivity index (χ2n) is 9.41. The second-order valence-corrected chi connectivity index (χ2v) is 11.2. The third-order valence-corrected chi connectivity index (χ3v) is 7.50. The van der Waals surface area contributed by atoms with Gasteiger partial charge in [0.1, 0.15) is 0 Å². The molecule has 3 unspecified atom stereocenters. The number of rotatable bonds is 14. The van der Waals surface area contributed by atoms with Crippen LogP contribution < -0.4 is 19.9 Å². The minimum Gasteiger partial charge on any atom is -0.481 e. The molecule has 0 aliphatic carbocycles. The number of carboxylic acid groups (broad SMARTS) is 1. The zero-order chi connectivity index (χ0) is 26.3. The summed E-state index contributed by atoms with van der Waals surface area (Å²) in [6.45, 7) is 4.32. The van der Waals surface area contributed by atoms with Gasteiger partial charge in [0.25, 0.3) is 0 Å². The highest BCUT2D eigenvalue weighted by Gasteiger charge is 2.47. The maximum Gasteiger partial charge on any atom is 0.308 e. The largest absolute Gasteiger partial charge is 0.481 e. The van der Waals surface area contributed by atoms with Crippen LogP contribution in [0.15, 0.2) is 18.2 Å². The highest BCUT2D eigenvalue weighted by Crippen LogP contribution is 2.42. The Balaban J connectivity index is 1.85. The molecule has 1 aromatic carbocycles. The van der Waals surface area contributed by atoms with E-state index < -0.39 is 33.9 Å². The number of nitrogens with two attached hydrogens (primary N) is 1. The highest BCUT2D eigenvalue weighted by atomic mass is 32.2. The molecule has 0 bridgehead atoms. The molecule has 1 saturated heterocycles. The molecule has 11 nitrogen and oxygen atoms in total. The molecule has 2 aliphatic heterocycles. The van der Waals surface area contributed by atoms with E-state index in [0.717, 1.165) is 24.7 Å². The molecule has 0 aromatic heterocycles. The number of likely N-dealkylation sites (tertiary alicyclic amines) is 1. The molecule has 0 radical (unpaired) electrons. The first-order valence-corrected chi connectivity index (χ1v) is 14.3. The molecule has 0 spiro atoms. The summed E-state index contributed by atoms with van der Waals surface area (Å²) < 4.78 is 36.6. The summed E-state index contributed by atoms with van der Waals surface area (Å²) in [5.41, 5.74) is 6.45. The predicted molar refractivity (Wildman–Crippen MR) is 134 cm³/mol. The van der Waals surface area contributed by atoms with Gasteiger partial charge in [0, 0.05) is 38.1 Å². The summed E-state index contributed by atoms with van der Waals surface area (Å²) in [7, 11) is -3.43. The van der Waals surface area contributed by atoms with Crippen molar-refractivity contribution in [1.29, 1.82) is 0 Å². The smallest absolute Gasteiger partial charge is 0.308 e. The molecule has 1 aromatic rings. The van der Waals surface area contributed by atoms with Gasteiger partial charge in [-0.15, -0.1) is 0 Å². The lowest BCUT2D eigenvalue weighted by Crippen LogP contribution is -2.45. The van der Waals surface area contributed by atoms with Gasteiger partial charge in [-0.05, 0) is 43.5 Å². The fourth-order valence-electron chi connectivity index (χ4n) is 4.99. The third kappa shape index (κ3) is 7.31. The van der Waals surface area contributed by atoms with Crippen molar-refractivity contribution in [3.8, 4) is 11.5 Å². The molecule has 0 saturated carbocycles. The van der Waals surface area contributed by atoms with Crippen LogP contribution in [0, 0.1) is 5.92 Å². The Morgan fingerprint density at radius 1 is 1.22 bits per heavy atom. The van der Waals surface area contributed by atoms with Crippen LogP contribution in [0.3, 0.4) is 0 Å². The van der Waals surface area contributed by atoms with Gasteiger partial charge in [-0.2, -0.15) is 0 Å². The molecule has 202 valence electrons. The zero-order valence-corrected chi connectivity index (χ0v) is 21.8. The topological polar surface area (TPSA) is 152 Å². The minimum absolute atomic E-state index is 0.0582. The van der Waals surface area contributed by atoms with Crippen LogP contribution in [0.5, 0.6) is 11.5 Å². The molecule has 3 atom stereocenters. The number of hydrogen-bond donors (Lipinski definition) is 3. The van der Waals surface area contributed by atoms with Gasteiger partial charge >= 0.3 is 5.97 Å². The van der Waals surface area contributed by atoms with Gasteiger partial charge < -0.3 is 25.2 Å². The number of benzene rings is 1. The monoisotopic (exact) mass is 526 g/mol. The van der Waals surface area contributed by atoms with Crippen molar-refractivity contribution in [3.05, 3.63) is 23.8 Å². The van der Waals surface area contributed by atoms with E-state index in [1.165, 1.54) is 0 Å². The van der Waals surface area contributed by atoms with Crippen molar-refractivity contribution in [2.24, 2.45) is 11.7 Å². The van der Waals surface area contributed by atoms with Crippen LogP contribution in [0.4, 0.5) is 0 Å². The van der Waals surface area contributed by atoms with Crippen LogP contribution in [0.1, 0.15) is 44.1 Å². The molecule has 1 fully saturated rings. The normalized spacial score (nSPS) is 21.6. The Labute approximate surface area is 213 Å². The Kier molecular flexibility index (Phi) is 9.94. The molecular formula is C24H38N4O7S. The summed E-state index contributed by atoms with van der Waals surface area (Å²) >= 11 is 0. The van der Waals surface area contributed by atoms with E-state index in [9.17, 15) is 23.1 Å². The van der Waals surface area contributed by atoms with Crippen molar-refractivity contribution in [3.63, 3.8) is 0 Å². The number of carboxylic acids is 1. The van der Waals surface area contributed by atoms with Crippen LogP contribution in [-0.4, -0.2) is 93.6 Å². The van der Waals surface area contributed by atoms with E-state index in [2.05, 4.69) is 11.6 Å². The molecule has 3 rings (SSSR count). The molecule has 12 heteroatoms. The molecule has 2 aliphatic rings. The van der Waals surface area contributed by atoms with Crippen molar-refractivity contribution < 1.29 is 32.6 Å². The number of ether oxygens (including phenoxy) is 2. The van der Waals surface area contributed by atoms with Gasteiger partial charge in [-0.25, -0.2) is 13.1 Å². The lowest BCUT2D eigenvalue weighted by Gasteiger charge is -2.29. The highest BCUT2D eigenvalue weighted by molar-refractivity contribution is 7.88. The van der Waals surface area contributed by atoms with E-state index in [1.807, 2.05) is 11.0 Å². The maximum atomic E-state index is 13.3. The molecule has 2 heterocycles. The van der Waals surface area contributed by atoms with Crippen LogP contribution >= 0.6 is 0 Å². The van der Waals surface area contributed by atoms with E-state index in [4.69, 9.17) is 15.2 Å². The first-order valence-electron chi connectivity index (χ1n) is 12.4. The van der Waals surface area contributed by atoms with Gasteiger partial charge in [0.15, 0.2) is 11.5 Å². The SMILES string of the molecule is CCCCN(CCCN)C(=O)CN1CC(c2ccc3c(c2)OCO3)C(C(=O)O)C1CCNS(C)(=O)=O. The fraction of sp³-hybridized carbons (Fsp3) is 0.667. The average Bonchev–Trinajstić information content (AvgIpc) is 3.42. The lowest BCUT2D eigenvalue weighted by atomic mass is 9.84. The molecule has 36 heavy (non-hydrogen) atoms. The number of hydrogen-bond acceptors (Lipinski definition) is 8. The summed E-state index contributed by atoms with van der Waals surface area (Å²) in [5, 5.41) is 10.2. The van der Waals surface area contributed by atoms with E-state index >= 15 is 0 Å². The molecule has 1 amide bonds. The quantitative estimate of drug-likeness (QED) is 0.320. The van der Waals surface area contributed by atoms with Crippen molar-refractivity contribution in [2.75, 3.05) is 52.3 Å². The maximum absolute atomic E-state index is 13.3. The number of carbonyl (C=O) groups is 2. The number of unbranched alkanes of at least 4 members (excludes halogenated alkanes) is 1. The average molecular weight is 527 g/mol. The summed E-state index contributed by atoms with van der Waals surface area (Å²) in [5.74, 6) is -1.12. The summed E-state index contributed by atoms with van der Waals surface area (Å²) in [6, 6.07) is 4.87. The van der Waals surface area contributed by atoms with Crippen LogP contribution in [0.25, 0.3) is 0 Å². The Morgan fingerprint density at radius 3 is 2.61 bits per heavy atom. The van der Waals surface area contributed by atoms with E-state index in [1.54, 1.807) is 17.0 Å². The number of carbonyl (C=O) groups excluding carboxylic acids is 1. The second kappa shape index (κ2) is 12.7. The number of nitrogens with one attached hydrogen (secondary N) is 1. The first kappa shape index (κ1) is 28.2. The van der Waals surface area contributed by atoms with E-state index in [0.29, 0.717) is 44.1 Å². The Morgan fingerprint density at radius 2 is 1.94 bits per heavy atom. The summed E-state index contributed by atoms with van der Waals surface area (Å²) in [4.78, 5) is 29.5. The zero-order valence-electron chi connectivity index (χ0n) is 21.0. The Bertz CT molecular complexity index is 1010. The van der Waals surface area contributed by atoms with E-state index in [-0.39, 0.29) is 32.2 Å². The number of amides is 1. The number of aliphatic carboxylic acids is 1. The number of sulfonamides is 1. The van der Waals surface area contributed by atoms with Crippen molar-refractivity contribution in [2.45, 2.75) is 44.6 Å². The Hall–Kier alpha value is -2.41. The molecule has 4 N–H and O–H groups in total. The van der Waals surface area contributed by atoms with Gasteiger partial charge in [0.05, 0.1) is 18.7 Å². The predicted octanol–water partition coefficient (Wildman–Crippen LogP) is 0.801. The fourth-order valence-corrected chi connectivity index (χ4v) is 5.48. The van der Waals surface area contributed by atoms with Crippen LogP contribution in [-0.2, 0) is 19.6 Å². The van der Waals surface area contributed by atoms with Gasteiger partial charge in [-0.3, -0.25) is 14.5 Å². The molecular weight excluding hydrogens is 488 g/mol. The van der Waals surface area contributed by atoms with Gasteiger partial charge in [-0.1, -0.05) is 19.4 Å².